The molecule has 1 heterocycles. The van der Waals surface area contributed by atoms with Gasteiger partial charge < -0.3 is 15.5 Å². The maximum Gasteiger partial charge on any atom is 0.234 e. The summed E-state index contributed by atoms with van der Waals surface area (Å²) in [5, 5.41) is 6.15. The molecule has 3 aromatic carbocycles. The van der Waals surface area contributed by atoms with Gasteiger partial charge in [0.2, 0.25) is 11.8 Å². The predicted molar refractivity (Wildman–Crippen MR) is 179 cm³/mol. The molecule has 41 heavy (non-hydrogen) atoms. The zero-order valence-corrected chi connectivity index (χ0v) is 26.8. The van der Waals surface area contributed by atoms with Crippen LogP contribution >= 0.6 is 47.1 Å². The number of amides is 2. The molecule has 10 heteroatoms. The zero-order chi connectivity index (χ0) is 29.4. The monoisotopic (exact) mass is 622 g/mol. The largest absolute Gasteiger partial charge is 0.353 e. The highest BCUT2D eigenvalue weighted by molar-refractivity contribution is 8.23. The van der Waals surface area contributed by atoms with Crippen molar-refractivity contribution < 1.29 is 9.59 Å². The molecule has 0 aliphatic carbocycles. The Balaban J connectivity index is 1.33. The number of carbonyl (C=O) groups excluding carboxylic acids is 2. The van der Waals surface area contributed by atoms with Crippen molar-refractivity contribution in [1.82, 2.24) is 15.2 Å². The summed E-state index contributed by atoms with van der Waals surface area (Å²) in [6.45, 7) is 8.40. The van der Waals surface area contributed by atoms with Gasteiger partial charge in [-0.25, -0.2) is 4.98 Å². The van der Waals surface area contributed by atoms with E-state index in [2.05, 4.69) is 48.2 Å². The molecule has 0 spiro atoms. The van der Waals surface area contributed by atoms with E-state index in [1.165, 1.54) is 34.9 Å². The van der Waals surface area contributed by atoms with E-state index in [1.54, 1.807) is 0 Å². The van der Waals surface area contributed by atoms with Crippen LogP contribution in [0.5, 0.6) is 0 Å². The number of rotatable bonds is 11. The molecule has 6 nitrogen and oxygen atoms in total. The van der Waals surface area contributed by atoms with Gasteiger partial charge in [-0.05, 0) is 57.0 Å². The van der Waals surface area contributed by atoms with Crippen LogP contribution < -0.4 is 10.6 Å². The van der Waals surface area contributed by atoms with Gasteiger partial charge in [-0.2, -0.15) is 0 Å². The molecule has 214 valence electrons. The van der Waals surface area contributed by atoms with Gasteiger partial charge in [-0.15, -0.1) is 11.3 Å². The van der Waals surface area contributed by atoms with Crippen molar-refractivity contribution >= 4 is 79.1 Å². The fourth-order valence-corrected chi connectivity index (χ4v) is 7.85. The predicted octanol–water partition coefficient (Wildman–Crippen LogP) is 7.37. The molecule has 1 aromatic heterocycles. The second-order valence-corrected chi connectivity index (χ2v) is 13.8. The maximum atomic E-state index is 13.0. The number of thioether (sulfide) groups is 2. The minimum Gasteiger partial charge on any atom is -0.353 e. The highest BCUT2D eigenvalue weighted by Crippen LogP contribution is 2.32. The van der Waals surface area contributed by atoms with Crippen molar-refractivity contribution in [3.05, 3.63) is 90.0 Å². The van der Waals surface area contributed by atoms with Gasteiger partial charge in [0.25, 0.3) is 0 Å². The number of carbonyl (C=O) groups is 2. The van der Waals surface area contributed by atoms with Crippen molar-refractivity contribution in [2.75, 3.05) is 16.8 Å². The number of aromatic nitrogens is 1. The molecule has 2 amide bonds. The summed E-state index contributed by atoms with van der Waals surface area (Å²) in [6.07, 6.45) is 0. The lowest BCUT2D eigenvalue weighted by molar-refractivity contribution is -0.119. The second-order valence-electron chi connectivity index (χ2n) is 9.97. The molecule has 4 rings (SSSR count). The van der Waals surface area contributed by atoms with Crippen molar-refractivity contribution in [1.29, 1.82) is 0 Å². The Morgan fingerprint density at radius 1 is 0.878 bits per heavy atom. The number of thiocarbonyl (C=S) groups is 1. The summed E-state index contributed by atoms with van der Waals surface area (Å²) < 4.78 is 2.48. The Kier molecular flexibility index (Phi) is 11.2. The first-order valence-corrected chi connectivity index (χ1v) is 16.6. The van der Waals surface area contributed by atoms with Gasteiger partial charge in [-0.1, -0.05) is 96.4 Å². The lowest BCUT2D eigenvalue weighted by Crippen LogP contribution is -2.40. The van der Waals surface area contributed by atoms with E-state index in [-0.39, 0.29) is 41.4 Å². The summed E-state index contributed by atoms with van der Waals surface area (Å²) in [6, 6.07) is 25.9. The Morgan fingerprint density at radius 2 is 1.49 bits per heavy atom. The van der Waals surface area contributed by atoms with Crippen LogP contribution in [-0.2, 0) is 9.59 Å². The van der Waals surface area contributed by atoms with Crippen LogP contribution in [0.2, 0.25) is 0 Å². The van der Waals surface area contributed by atoms with E-state index in [0.717, 1.165) is 30.0 Å². The van der Waals surface area contributed by atoms with Gasteiger partial charge in [-0.3, -0.25) is 9.59 Å². The highest BCUT2D eigenvalue weighted by atomic mass is 32.2. The summed E-state index contributed by atoms with van der Waals surface area (Å²) in [4.78, 5) is 32.4. The van der Waals surface area contributed by atoms with Crippen LogP contribution in [0.1, 0.15) is 44.9 Å². The number of anilines is 1. The number of nitrogens with one attached hydrogen (secondary N) is 2. The second kappa shape index (κ2) is 14.8. The first-order valence-electron chi connectivity index (χ1n) is 13.4. The smallest absolute Gasteiger partial charge is 0.234 e. The molecular formula is C31H34N4O2S4. The van der Waals surface area contributed by atoms with Crippen molar-refractivity contribution in [2.45, 2.75) is 50.2 Å². The van der Waals surface area contributed by atoms with Gasteiger partial charge in [0, 0.05) is 17.8 Å². The van der Waals surface area contributed by atoms with Crippen molar-refractivity contribution in [3.63, 3.8) is 0 Å². The lowest BCUT2D eigenvalue weighted by Gasteiger charge is -2.32. The third-order valence-corrected chi connectivity index (χ3v) is 9.79. The number of thiazole rings is 1. The summed E-state index contributed by atoms with van der Waals surface area (Å²) in [5.74, 6) is 0.328. The van der Waals surface area contributed by atoms with Crippen LogP contribution in [0.4, 0.5) is 5.69 Å². The molecule has 0 aliphatic rings. The molecule has 0 fully saturated rings. The maximum absolute atomic E-state index is 13.0. The Labute approximate surface area is 259 Å². The molecule has 0 saturated carbocycles. The van der Waals surface area contributed by atoms with Gasteiger partial charge in [0.05, 0.1) is 27.8 Å². The van der Waals surface area contributed by atoms with E-state index < -0.39 is 0 Å². The van der Waals surface area contributed by atoms with Crippen LogP contribution in [0.3, 0.4) is 0 Å². The quantitative estimate of drug-likeness (QED) is 0.134. The van der Waals surface area contributed by atoms with E-state index in [1.807, 2.05) is 78.9 Å². The first kappa shape index (κ1) is 31.0. The summed E-state index contributed by atoms with van der Waals surface area (Å²) in [5.41, 5.74) is 3.61. The molecule has 0 radical (unpaired) electrons. The topological polar surface area (TPSA) is 74.3 Å². The van der Waals surface area contributed by atoms with E-state index >= 15 is 0 Å². The molecule has 0 saturated heterocycles. The molecule has 0 atom stereocenters. The minimum atomic E-state index is -0.224. The molecule has 0 aliphatic heterocycles. The zero-order valence-electron chi connectivity index (χ0n) is 23.5. The molecule has 0 bridgehead atoms. The summed E-state index contributed by atoms with van der Waals surface area (Å²) in [7, 11) is 0. The number of benzene rings is 3. The lowest BCUT2D eigenvalue weighted by atomic mass is 9.99. The fraction of sp³-hybridized carbons (Fsp3) is 0.290. The third-order valence-electron chi connectivity index (χ3n) is 6.20. The third kappa shape index (κ3) is 8.78. The average molecular weight is 623 g/mol. The van der Waals surface area contributed by atoms with Gasteiger partial charge >= 0.3 is 0 Å². The molecule has 4 aromatic rings. The van der Waals surface area contributed by atoms with Gasteiger partial charge in [0.15, 0.2) is 4.34 Å². The first-order chi connectivity index (χ1) is 19.7. The molecule has 2 N–H and O–H groups in total. The van der Waals surface area contributed by atoms with E-state index in [9.17, 15) is 9.59 Å². The van der Waals surface area contributed by atoms with Crippen LogP contribution in [0.15, 0.2) is 83.2 Å². The molecule has 0 unspecified atom stereocenters. The number of nitrogens with zero attached hydrogens (tertiary/aromatic N) is 2. The van der Waals surface area contributed by atoms with E-state index in [0.29, 0.717) is 5.69 Å². The van der Waals surface area contributed by atoms with Crippen LogP contribution in [0.25, 0.3) is 10.2 Å². The number of hydrogen-bond acceptors (Lipinski definition) is 7. The average Bonchev–Trinajstić information content (AvgIpc) is 3.36. The van der Waals surface area contributed by atoms with Gasteiger partial charge in [0.1, 0.15) is 4.32 Å². The highest BCUT2D eigenvalue weighted by Gasteiger charge is 2.19. The van der Waals surface area contributed by atoms with Crippen molar-refractivity contribution in [3.8, 4) is 0 Å². The Hall–Kier alpha value is -2.92. The normalized spacial score (nSPS) is 11.3. The van der Waals surface area contributed by atoms with Crippen LogP contribution in [-0.4, -0.2) is 49.6 Å². The number of hydrogen-bond donors (Lipinski definition) is 2. The Bertz CT molecular complexity index is 1430. The fourth-order valence-electron chi connectivity index (χ4n) is 4.44. The number of fused-ring (bicyclic) bond motifs is 1. The van der Waals surface area contributed by atoms with Crippen LogP contribution in [0, 0.1) is 0 Å². The standard InChI is InChI=1S/C31H34N4O2S4/c1-20(2)35(21(3)4)31(38)40-19-27(36)32-24-15-16-25-26(17-24)41-30(33-25)39-18-28(37)34-29(22-11-7-5-8-12-22)23-13-9-6-10-14-23/h5-17,20-21,29H,18-19H2,1-4H3,(H,32,36)(H,34,37). The molecular weight excluding hydrogens is 589 g/mol. The Morgan fingerprint density at radius 3 is 2.07 bits per heavy atom. The minimum absolute atomic E-state index is 0.0659. The van der Waals surface area contributed by atoms with Crippen molar-refractivity contribution in [2.24, 2.45) is 0 Å². The summed E-state index contributed by atoms with van der Waals surface area (Å²) >= 11 is 9.86. The van der Waals surface area contributed by atoms with E-state index in [4.69, 9.17) is 12.2 Å². The SMILES string of the molecule is CC(C)N(C(=S)SCC(=O)Nc1ccc2nc(SCC(=O)NC(c3ccccc3)c3ccccc3)sc2c1)C(C)C.